The Morgan fingerprint density at radius 3 is 2.67 bits per heavy atom. The van der Waals surface area contributed by atoms with E-state index >= 15 is 0 Å². The molecule has 15 heavy (non-hydrogen) atoms. The zero-order valence-corrected chi connectivity index (χ0v) is 8.34. The highest BCUT2D eigenvalue weighted by Crippen LogP contribution is 2.27. The summed E-state index contributed by atoms with van der Waals surface area (Å²) in [5, 5.41) is 2.63. The van der Waals surface area contributed by atoms with Crippen LogP contribution in [0.5, 0.6) is 0 Å². The maximum Gasteiger partial charge on any atom is 0.407 e. The number of alkyl halides is 2. The Morgan fingerprint density at radius 2 is 2.13 bits per heavy atom. The van der Waals surface area contributed by atoms with Gasteiger partial charge in [-0.25, -0.2) is 13.6 Å². The van der Waals surface area contributed by atoms with Crippen molar-refractivity contribution in [2.45, 2.75) is 24.8 Å². The van der Waals surface area contributed by atoms with Gasteiger partial charge >= 0.3 is 6.09 Å². The Bertz CT molecular complexity index is 250. The minimum Gasteiger partial charge on any atom is -0.447 e. The molecule has 2 rings (SSSR count). The second-order valence-electron chi connectivity index (χ2n) is 4.10. The van der Waals surface area contributed by atoms with Crippen LogP contribution in [0.2, 0.25) is 0 Å². The van der Waals surface area contributed by atoms with Crippen molar-refractivity contribution in [2.24, 2.45) is 0 Å². The van der Waals surface area contributed by atoms with Crippen molar-refractivity contribution in [2.75, 3.05) is 26.2 Å². The van der Waals surface area contributed by atoms with Crippen LogP contribution < -0.4 is 5.32 Å². The Kier molecular flexibility index (Phi) is 2.77. The van der Waals surface area contributed by atoms with Crippen LogP contribution >= 0.6 is 0 Å². The van der Waals surface area contributed by atoms with Crippen molar-refractivity contribution >= 4 is 6.09 Å². The average molecular weight is 220 g/mol. The molecule has 0 unspecified atom stereocenters. The van der Waals surface area contributed by atoms with Gasteiger partial charge in [-0.05, 0) is 0 Å². The fraction of sp³-hybridized carbons (Fsp3) is 0.889. The van der Waals surface area contributed by atoms with Crippen LogP contribution in [-0.4, -0.2) is 49.2 Å². The van der Waals surface area contributed by atoms with E-state index in [1.54, 1.807) is 0 Å². The molecule has 2 aliphatic heterocycles. The number of piperidine rings is 1. The summed E-state index contributed by atoms with van der Waals surface area (Å²) >= 11 is 0. The molecule has 4 nitrogen and oxygen atoms in total. The maximum absolute atomic E-state index is 12.8. The van der Waals surface area contributed by atoms with E-state index in [4.69, 9.17) is 4.74 Å². The number of ether oxygens (including phenoxy) is 1. The molecule has 0 aromatic heterocycles. The SMILES string of the molecule is O=C1N[C@H](CN2CCC(F)(F)CC2)CO1. The summed E-state index contributed by atoms with van der Waals surface area (Å²) in [6, 6.07) is -0.0516. The number of nitrogens with zero attached hydrogens (tertiary/aromatic N) is 1. The van der Waals surface area contributed by atoms with Gasteiger partial charge in [-0.2, -0.15) is 0 Å². The molecule has 1 N–H and O–H groups in total. The lowest BCUT2D eigenvalue weighted by molar-refractivity contribution is -0.0561. The van der Waals surface area contributed by atoms with Crippen LogP contribution in [-0.2, 0) is 4.74 Å². The van der Waals surface area contributed by atoms with Crippen molar-refractivity contribution in [1.82, 2.24) is 10.2 Å². The third-order valence-electron chi connectivity index (χ3n) is 2.80. The van der Waals surface area contributed by atoms with Gasteiger partial charge in [0.15, 0.2) is 0 Å². The van der Waals surface area contributed by atoms with Gasteiger partial charge in [0.1, 0.15) is 6.61 Å². The third kappa shape index (κ3) is 2.77. The molecule has 0 aromatic rings. The summed E-state index contributed by atoms with van der Waals surface area (Å²) in [5.74, 6) is -2.51. The Balaban J connectivity index is 1.75. The van der Waals surface area contributed by atoms with Gasteiger partial charge in [-0.1, -0.05) is 0 Å². The highest BCUT2D eigenvalue weighted by molar-refractivity contribution is 5.69. The molecule has 2 saturated heterocycles. The first-order valence-corrected chi connectivity index (χ1v) is 5.09. The number of carbonyl (C=O) groups excluding carboxylic acids is 1. The van der Waals surface area contributed by atoms with E-state index < -0.39 is 12.0 Å². The predicted molar refractivity (Wildman–Crippen MR) is 48.9 cm³/mol. The third-order valence-corrected chi connectivity index (χ3v) is 2.80. The number of hydrogen-bond donors (Lipinski definition) is 1. The molecule has 86 valence electrons. The number of alkyl carbamates (subject to hydrolysis) is 1. The molecule has 0 aromatic carbocycles. The summed E-state index contributed by atoms with van der Waals surface area (Å²) < 4.78 is 30.4. The van der Waals surface area contributed by atoms with Gasteiger partial charge in [0.2, 0.25) is 0 Å². The molecule has 1 atom stereocenters. The number of amides is 1. The Morgan fingerprint density at radius 1 is 1.47 bits per heavy atom. The highest BCUT2D eigenvalue weighted by Gasteiger charge is 2.35. The van der Waals surface area contributed by atoms with Gasteiger partial charge in [0, 0.05) is 32.5 Å². The first-order valence-electron chi connectivity index (χ1n) is 5.09. The van der Waals surface area contributed by atoms with E-state index in [0.717, 1.165) is 0 Å². The molecule has 2 aliphatic rings. The molecule has 0 spiro atoms. The molecular formula is C9H14F2N2O2. The van der Waals surface area contributed by atoms with Crippen LogP contribution in [0.15, 0.2) is 0 Å². The Labute approximate surface area is 86.6 Å². The maximum atomic E-state index is 12.8. The molecule has 0 bridgehead atoms. The minimum absolute atomic E-state index is 0.0516. The summed E-state index contributed by atoms with van der Waals surface area (Å²) in [6.45, 7) is 1.71. The van der Waals surface area contributed by atoms with E-state index in [-0.39, 0.29) is 18.9 Å². The number of hydrogen-bond acceptors (Lipinski definition) is 3. The van der Waals surface area contributed by atoms with Crippen LogP contribution in [0.25, 0.3) is 0 Å². The fourth-order valence-electron chi connectivity index (χ4n) is 1.90. The van der Waals surface area contributed by atoms with Gasteiger partial charge < -0.3 is 15.0 Å². The second-order valence-corrected chi connectivity index (χ2v) is 4.10. The first kappa shape index (κ1) is 10.6. The van der Waals surface area contributed by atoms with Crippen molar-refractivity contribution in [3.63, 3.8) is 0 Å². The normalized spacial score (nSPS) is 31.1. The zero-order chi connectivity index (χ0) is 10.9. The summed E-state index contributed by atoms with van der Waals surface area (Å²) in [5.41, 5.74) is 0. The number of rotatable bonds is 2. The van der Waals surface area contributed by atoms with Gasteiger partial charge in [0.25, 0.3) is 5.92 Å². The fourth-order valence-corrected chi connectivity index (χ4v) is 1.90. The smallest absolute Gasteiger partial charge is 0.407 e. The van der Waals surface area contributed by atoms with E-state index in [1.165, 1.54) is 0 Å². The average Bonchev–Trinajstić information content (AvgIpc) is 2.55. The number of likely N-dealkylation sites (tertiary alicyclic amines) is 1. The number of halogens is 2. The molecule has 0 saturated carbocycles. The molecule has 0 aliphatic carbocycles. The Hall–Kier alpha value is -0.910. The molecule has 6 heteroatoms. The summed E-state index contributed by atoms with van der Waals surface area (Å²) in [4.78, 5) is 12.7. The lowest BCUT2D eigenvalue weighted by Gasteiger charge is -2.32. The molecule has 2 heterocycles. The van der Waals surface area contributed by atoms with Crippen molar-refractivity contribution in [3.8, 4) is 0 Å². The van der Waals surface area contributed by atoms with E-state index in [2.05, 4.69) is 5.32 Å². The van der Waals surface area contributed by atoms with Crippen molar-refractivity contribution in [1.29, 1.82) is 0 Å². The van der Waals surface area contributed by atoms with Crippen molar-refractivity contribution < 1.29 is 18.3 Å². The molecule has 0 radical (unpaired) electrons. The predicted octanol–water partition coefficient (Wildman–Crippen LogP) is 0.826. The lowest BCUT2D eigenvalue weighted by atomic mass is 10.1. The minimum atomic E-state index is -2.51. The van der Waals surface area contributed by atoms with Gasteiger partial charge in [-0.15, -0.1) is 0 Å². The van der Waals surface area contributed by atoms with Crippen LogP contribution in [0, 0.1) is 0 Å². The molecular weight excluding hydrogens is 206 g/mol. The topological polar surface area (TPSA) is 41.6 Å². The van der Waals surface area contributed by atoms with Crippen LogP contribution in [0.4, 0.5) is 13.6 Å². The highest BCUT2D eigenvalue weighted by atomic mass is 19.3. The standard InChI is InChI=1S/C9H14F2N2O2/c10-9(11)1-3-13(4-2-9)5-7-6-15-8(14)12-7/h7H,1-6H2,(H,12,14)/t7-/m1/s1. The summed E-state index contributed by atoms with van der Waals surface area (Å²) in [7, 11) is 0. The molecule has 1 amide bonds. The van der Waals surface area contributed by atoms with Gasteiger partial charge in [0.05, 0.1) is 6.04 Å². The van der Waals surface area contributed by atoms with Crippen LogP contribution in [0.3, 0.4) is 0 Å². The number of cyclic esters (lactones) is 1. The monoisotopic (exact) mass is 220 g/mol. The van der Waals surface area contributed by atoms with Crippen LogP contribution in [0.1, 0.15) is 12.8 Å². The summed E-state index contributed by atoms with van der Waals surface area (Å²) in [6.07, 6.45) is -0.592. The van der Waals surface area contributed by atoms with E-state index in [0.29, 0.717) is 26.2 Å². The quantitative estimate of drug-likeness (QED) is 0.749. The van der Waals surface area contributed by atoms with Gasteiger partial charge in [-0.3, -0.25) is 0 Å². The molecule has 2 fully saturated rings. The first-order chi connectivity index (χ1) is 7.05. The van der Waals surface area contributed by atoms with Crippen molar-refractivity contribution in [3.05, 3.63) is 0 Å². The van der Waals surface area contributed by atoms with E-state index in [9.17, 15) is 13.6 Å². The van der Waals surface area contributed by atoms with E-state index in [1.807, 2.05) is 4.90 Å². The number of nitrogens with one attached hydrogen (secondary N) is 1. The largest absolute Gasteiger partial charge is 0.447 e. The zero-order valence-electron chi connectivity index (χ0n) is 8.34. The number of carbonyl (C=O) groups is 1. The lowest BCUT2D eigenvalue weighted by Crippen LogP contribution is -2.45. The second kappa shape index (κ2) is 3.92.